The van der Waals surface area contributed by atoms with Gasteiger partial charge >= 0.3 is 6.18 Å². The van der Waals surface area contributed by atoms with Crippen LogP contribution in [0.4, 0.5) is 13.2 Å². The standard InChI is InChI=1S/C12H13F3/c1-8-2-4-9(5-3-8)10-6-7-11(10)12(13,14)15/h2-5,10-11H,6-7H2,1H3. The second-order valence-corrected chi connectivity index (χ2v) is 4.24. The van der Waals surface area contributed by atoms with Crippen LogP contribution in [0.15, 0.2) is 24.3 Å². The molecule has 0 aliphatic heterocycles. The van der Waals surface area contributed by atoms with Crippen molar-refractivity contribution in [3.8, 4) is 0 Å². The van der Waals surface area contributed by atoms with Gasteiger partial charge in [-0.05, 0) is 31.2 Å². The van der Waals surface area contributed by atoms with E-state index in [1.165, 1.54) is 0 Å². The van der Waals surface area contributed by atoms with Crippen LogP contribution in [0, 0.1) is 12.8 Å². The topological polar surface area (TPSA) is 0 Å². The minimum atomic E-state index is -4.03. The van der Waals surface area contributed by atoms with Gasteiger partial charge in [0.2, 0.25) is 0 Å². The quantitative estimate of drug-likeness (QED) is 0.661. The lowest BCUT2D eigenvalue weighted by Gasteiger charge is -2.38. The van der Waals surface area contributed by atoms with Crippen LogP contribution >= 0.6 is 0 Å². The molecule has 0 radical (unpaired) electrons. The normalized spacial score (nSPS) is 26.1. The smallest absolute Gasteiger partial charge is 0.171 e. The minimum absolute atomic E-state index is 0.280. The zero-order valence-corrected chi connectivity index (χ0v) is 8.51. The van der Waals surface area contributed by atoms with Crippen molar-refractivity contribution in [1.29, 1.82) is 0 Å². The fourth-order valence-electron chi connectivity index (χ4n) is 2.10. The molecule has 0 spiro atoms. The van der Waals surface area contributed by atoms with Crippen LogP contribution < -0.4 is 0 Å². The third-order valence-corrected chi connectivity index (χ3v) is 3.20. The maximum absolute atomic E-state index is 12.5. The lowest BCUT2D eigenvalue weighted by Crippen LogP contribution is -2.36. The fourth-order valence-corrected chi connectivity index (χ4v) is 2.10. The van der Waals surface area contributed by atoms with Gasteiger partial charge in [0.25, 0.3) is 0 Å². The Morgan fingerprint density at radius 1 is 1.07 bits per heavy atom. The Morgan fingerprint density at radius 2 is 1.67 bits per heavy atom. The Balaban J connectivity index is 2.16. The summed E-state index contributed by atoms with van der Waals surface area (Å²) in [5.74, 6) is -1.44. The largest absolute Gasteiger partial charge is 0.392 e. The van der Waals surface area contributed by atoms with Gasteiger partial charge in [-0.3, -0.25) is 0 Å². The lowest BCUT2D eigenvalue weighted by molar-refractivity contribution is -0.200. The van der Waals surface area contributed by atoms with Gasteiger partial charge in [0.1, 0.15) is 0 Å². The van der Waals surface area contributed by atoms with Gasteiger partial charge in [-0.1, -0.05) is 29.8 Å². The molecule has 1 aliphatic rings. The summed E-state index contributed by atoms with van der Waals surface area (Å²) >= 11 is 0. The van der Waals surface area contributed by atoms with Crippen LogP contribution in [0.1, 0.15) is 29.9 Å². The number of hydrogen-bond acceptors (Lipinski definition) is 0. The Morgan fingerprint density at radius 3 is 2.07 bits per heavy atom. The van der Waals surface area contributed by atoms with Crippen LogP contribution in [0.3, 0.4) is 0 Å². The summed E-state index contributed by atoms with van der Waals surface area (Å²) in [6.45, 7) is 1.94. The number of alkyl halides is 3. The number of hydrogen-bond donors (Lipinski definition) is 0. The first-order valence-corrected chi connectivity index (χ1v) is 5.12. The van der Waals surface area contributed by atoms with Gasteiger partial charge < -0.3 is 0 Å². The molecule has 2 rings (SSSR count). The molecule has 1 aromatic carbocycles. The SMILES string of the molecule is Cc1ccc(C2CCC2C(F)(F)F)cc1. The van der Waals surface area contributed by atoms with Gasteiger partial charge in [-0.15, -0.1) is 0 Å². The molecule has 15 heavy (non-hydrogen) atoms. The summed E-state index contributed by atoms with van der Waals surface area (Å²) in [6, 6.07) is 7.39. The van der Waals surface area contributed by atoms with Crippen LogP contribution in [0.25, 0.3) is 0 Å². The van der Waals surface area contributed by atoms with E-state index in [1.54, 1.807) is 0 Å². The molecule has 0 bridgehead atoms. The molecule has 0 heterocycles. The van der Waals surface area contributed by atoms with Gasteiger partial charge in [-0.2, -0.15) is 13.2 Å². The van der Waals surface area contributed by atoms with E-state index in [0.29, 0.717) is 6.42 Å². The predicted octanol–water partition coefficient (Wildman–Crippen LogP) is 4.05. The van der Waals surface area contributed by atoms with E-state index >= 15 is 0 Å². The van der Waals surface area contributed by atoms with E-state index in [4.69, 9.17) is 0 Å². The first-order valence-electron chi connectivity index (χ1n) is 5.12. The highest BCUT2D eigenvalue weighted by Gasteiger charge is 2.50. The fraction of sp³-hybridized carbons (Fsp3) is 0.500. The van der Waals surface area contributed by atoms with Crippen LogP contribution in [0.5, 0.6) is 0 Å². The van der Waals surface area contributed by atoms with Crippen molar-refractivity contribution in [2.24, 2.45) is 5.92 Å². The van der Waals surface area contributed by atoms with Crippen LogP contribution in [0.2, 0.25) is 0 Å². The predicted molar refractivity (Wildman–Crippen MR) is 52.7 cm³/mol. The van der Waals surface area contributed by atoms with E-state index in [1.807, 2.05) is 31.2 Å². The maximum atomic E-state index is 12.5. The summed E-state index contributed by atoms with van der Waals surface area (Å²) < 4.78 is 37.5. The van der Waals surface area contributed by atoms with Crippen LogP contribution in [-0.4, -0.2) is 6.18 Å². The summed E-state index contributed by atoms with van der Waals surface area (Å²) in [5.41, 5.74) is 1.91. The summed E-state index contributed by atoms with van der Waals surface area (Å²) in [5, 5.41) is 0. The molecular formula is C12H13F3. The monoisotopic (exact) mass is 214 g/mol. The molecule has 0 aromatic heterocycles. The maximum Gasteiger partial charge on any atom is 0.392 e. The van der Waals surface area contributed by atoms with Crippen molar-refractivity contribution in [3.63, 3.8) is 0 Å². The third kappa shape index (κ3) is 2.01. The van der Waals surface area contributed by atoms with Crippen molar-refractivity contribution in [3.05, 3.63) is 35.4 Å². The van der Waals surface area contributed by atoms with Gasteiger partial charge in [0, 0.05) is 0 Å². The Kier molecular flexibility index (Phi) is 2.49. The molecular weight excluding hydrogens is 201 g/mol. The van der Waals surface area contributed by atoms with E-state index in [9.17, 15) is 13.2 Å². The number of halogens is 3. The molecule has 2 atom stereocenters. The zero-order valence-electron chi connectivity index (χ0n) is 8.51. The number of rotatable bonds is 1. The van der Waals surface area contributed by atoms with Crippen molar-refractivity contribution in [2.45, 2.75) is 31.9 Å². The molecule has 1 saturated carbocycles. The average Bonchev–Trinajstić information content (AvgIpc) is 2.03. The minimum Gasteiger partial charge on any atom is -0.171 e. The van der Waals surface area contributed by atoms with Crippen molar-refractivity contribution >= 4 is 0 Å². The van der Waals surface area contributed by atoms with E-state index < -0.39 is 12.1 Å². The molecule has 1 fully saturated rings. The molecule has 1 aliphatic carbocycles. The molecule has 1 aromatic rings. The lowest BCUT2D eigenvalue weighted by atomic mass is 9.69. The highest BCUT2D eigenvalue weighted by molar-refractivity contribution is 5.27. The molecule has 2 unspecified atom stereocenters. The van der Waals surface area contributed by atoms with Gasteiger partial charge in [0.05, 0.1) is 5.92 Å². The molecule has 0 amide bonds. The molecule has 0 N–H and O–H groups in total. The van der Waals surface area contributed by atoms with Crippen LogP contribution in [-0.2, 0) is 0 Å². The summed E-state index contributed by atoms with van der Waals surface area (Å²) in [7, 11) is 0. The Labute approximate surface area is 87.1 Å². The van der Waals surface area contributed by atoms with Gasteiger partial charge in [-0.25, -0.2) is 0 Å². The van der Waals surface area contributed by atoms with E-state index in [-0.39, 0.29) is 12.3 Å². The summed E-state index contributed by atoms with van der Waals surface area (Å²) in [4.78, 5) is 0. The Bertz CT molecular complexity index is 337. The van der Waals surface area contributed by atoms with Gasteiger partial charge in [0.15, 0.2) is 0 Å². The molecule has 3 heteroatoms. The third-order valence-electron chi connectivity index (χ3n) is 3.20. The van der Waals surface area contributed by atoms with Crippen molar-refractivity contribution < 1.29 is 13.2 Å². The van der Waals surface area contributed by atoms with E-state index in [0.717, 1.165) is 11.1 Å². The summed E-state index contributed by atoms with van der Waals surface area (Å²) in [6.07, 6.45) is -3.09. The average molecular weight is 214 g/mol. The first kappa shape index (κ1) is 10.5. The van der Waals surface area contributed by atoms with Crippen molar-refractivity contribution in [2.75, 3.05) is 0 Å². The molecule has 0 nitrogen and oxygen atoms in total. The first-order chi connectivity index (χ1) is 6.98. The molecule has 82 valence electrons. The molecule has 0 saturated heterocycles. The number of benzene rings is 1. The highest BCUT2D eigenvalue weighted by atomic mass is 19.4. The van der Waals surface area contributed by atoms with E-state index in [2.05, 4.69) is 0 Å². The zero-order chi connectivity index (χ0) is 11.1. The second-order valence-electron chi connectivity index (χ2n) is 4.24. The highest BCUT2D eigenvalue weighted by Crippen LogP contribution is 2.50. The van der Waals surface area contributed by atoms with Crippen molar-refractivity contribution in [1.82, 2.24) is 0 Å². The second kappa shape index (κ2) is 3.54. The number of aryl methyl sites for hydroxylation is 1. The Hall–Kier alpha value is -0.990.